The molecule has 1 aliphatic heterocycles. The summed E-state index contributed by atoms with van der Waals surface area (Å²) in [6.45, 7) is 0. The Labute approximate surface area is 63.0 Å². The minimum Gasteiger partial charge on any atom is -0.478 e. The van der Waals surface area contributed by atoms with Crippen LogP contribution in [0, 0.1) is 0 Å². The molecule has 0 fully saturated rings. The molecule has 2 rings (SSSR count). The van der Waals surface area contributed by atoms with Crippen molar-refractivity contribution in [2.24, 2.45) is 4.99 Å². The molecule has 1 aromatic carbocycles. The number of aromatic carboxylic acids is 1. The maximum Gasteiger partial charge on any atom is 0.336 e. The molecule has 54 valence electrons. The molecule has 1 aliphatic rings. The topological polar surface area (TPSA) is 49.7 Å². The first-order valence-corrected chi connectivity index (χ1v) is 3.19. The highest BCUT2D eigenvalue weighted by molar-refractivity contribution is 6.07. The first kappa shape index (κ1) is 6.09. The van der Waals surface area contributed by atoms with Crippen molar-refractivity contribution in [2.75, 3.05) is 0 Å². The van der Waals surface area contributed by atoms with Gasteiger partial charge in [-0.2, -0.15) is 0 Å². The van der Waals surface area contributed by atoms with E-state index < -0.39 is 5.97 Å². The lowest BCUT2D eigenvalue weighted by Crippen LogP contribution is -2.05. The van der Waals surface area contributed by atoms with Crippen LogP contribution in [0.3, 0.4) is 0 Å². The van der Waals surface area contributed by atoms with Crippen LogP contribution in [0.4, 0.5) is 5.69 Å². The summed E-state index contributed by atoms with van der Waals surface area (Å²) in [6, 6.07) is 5.06. The Morgan fingerprint density at radius 1 is 1.45 bits per heavy atom. The average Bonchev–Trinajstić information content (AvgIpc) is 1.90. The maximum atomic E-state index is 10.5. The molecule has 3 nitrogen and oxygen atoms in total. The molecule has 0 radical (unpaired) electrons. The van der Waals surface area contributed by atoms with Gasteiger partial charge < -0.3 is 5.11 Å². The van der Waals surface area contributed by atoms with Crippen LogP contribution in [-0.4, -0.2) is 17.3 Å². The van der Waals surface area contributed by atoms with E-state index in [1.54, 1.807) is 24.4 Å². The first-order valence-electron chi connectivity index (χ1n) is 3.19. The summed E-state index contributed by atoms with van der Waals surface area (Å²) in [6.07, 6.45) is 1.57. The van der Waals surface area contributed by atoms with Crippen LogP contribution in [0.2, 0.25) is 0 Å². The van der Waals surface area contributed by atoms with Crippen molar-refractivity contribution in [3.63, 3.8) is 0 Å². The molecule has 3 heteroatoms. The monoisotopic (exact) mass is 147 g/mol. The van der Waals surface area contributed by atoms with Crippen molar-refractivity contribution in [1.29, 1.82) is 0 Å². The fourth-order valence-corrected chi connectivity index (χ4v) is 1.06. The second kappa shape index (κ2) is 1.92. The van der Waals surface area contributed by atoms with E-state index in [4.69, 9.17) is 5.11 Å². The minimum atomic E-state index is -0.895. The van der Waals surface area contributed by atoms with Gasteiger partial charge in [0.25, 0.3) is 0 Å². The zero-order chi connectivity index (χ0) is 7.84. The lowest BCUT2D eigenvalue weighted by atomic mass is 10.0. The van der Waals surface area contributed by atoms with Crippen molar-refractivity contribution < 1.29 is 9.90 Å². The van der Waals surface area contributed by atoms with Crippen molar-refractivity contribution in [2.45, 2.75) is 0 Å². The zero-order valence-electron chi connectivity index (χ0n) is 5.61. The van der Waals surface area contributed by atoms with E-state index in [9.17, 15) is 4.79 Å². The minimum absolute atomic E-state index is 0.331. The number of aliphatic imine (C=N–C) groups is 1. The standard InChI is InChI=1S/C8H5NO2/c10-8(11)5-2-1-3-7-6(5)4-9-7/h1-4H,(H,10,11). The highest BCUT2D eigenvalue weighted by atomic mass is 16.4. The summed E-state index contributed by atoms with van der Waals surface area (Å²) in [4.78, 5) is 14.4. The third-order valence-corrected chi connectivity index (χ3v) is 1.65. The molecule has 0 saturated heterocycles. The molecule has 1 N–H and O–H groups in total. The summed E-state index contributed by atoms with van der Waals surface area (Å²) in [5, 5.41) is 8.66. The van der Waals surface area contributed by atoms with Crippen molar-refractivity contribution in [1.82, 2.24) is 0 Å². The molecular formula is C8H5NO2. The largest absolute Gasteiger partial charge is 0.478 e. The summed E-state index contributed by atoms with van der Waals surface area (Å²) < 4.78 is 0. The predicted octanol–water partition coefficient (Wildman–Crippen LogP) is 1.45. The van der Waals surface area contributed by atoms with Gasteiger partial charge in [-0.05, 0) is 12.1 Å². The van der Waals surface area contributed by atoms with Gasteiger partial charge in [0.1, 0.15) is 0 Å². The number of carboxylic acid groups (broad SMARTS) is 1. The fraction of sp³-hybridized carbons (Fsp3) is 0. The van der Waals surface area contributed by atoms with Gasteiger partial charge in [-0.15, -0.1) is 0 Å². The normalized spacial score (nSPS) is 12.0. The third-order valence-electron chi connectivity index (χ3n) is 1.65. The number of fused-ring (bicyclic) bond motifs is 1. The number of hydrogen-bond donors (Lipinski definition) is 1. The van der Waals surface area contributed by atoms with Crippen LogP contribution in [-0.2, 0) is 0 Å². The Bertz CT molecular complexity index is 355. The number of benzene rings is 1. The van der Waals surface area contributed by atoms with Gasteiger partial charge in [-0.1, -0.05) is 6.07 Å². The van der Waals surface area contributed by atoms with Gasteiger partial charge in [-0.3, -0.25) is 4.99 Å². The fourth-order valence-electron chi connectivity index (χ4n) is 1.06. The number of carboxylic acids is 1. The van der Waals surface area contributed by atoms with Gasteiger partial charge in [0, 0.05) is 11.8 Å². The number of carbonyl (C=O) groups is 1. The average molecular weight is 147 g/mol. The van der Waals surface area contributed by atoms with E-state index in [1.165, 1.54) is 0 Å². The highest BCUT2D eigenvalue weighted by Crippen LogP contribution is 2.27. The molecule has 0 amide bonds. The molecule has 0 spiro atoms. The summed E-state index contributed by atoms with van der Waals surface area (Å²) >= 11 is 0. The van der Waals surface area contributed by atoms with Crippen LogP contribution in [0.1, 0.15) is 15.9 Å². The quantitative estimate of drug-likeness (QED) is 0.663. The maximum absolute atomic E-state index is 10.5. The number of nitrogens with zero attached hydrogens (tertiary/aromatic N) is 1. The zero-order valence-corrected chi connectivity index (χ0v) is 5.61. The first-order chi connectivity index (χ1) is 5.29. The molecule has 0 atom stereocenters. The molecule has 0 unspecified atom stereocenters. The lowest BCUT2D eigenvalue weighted by molar-refractivity contribution is 0.0696. The van der Waals surface area contributed by atoms with Crippen molar-refractivity contribution in [3.8, 4) is 0 Å². The van der Waals surface area contributed by atoms with E-state index >= 15 is 0 Å². The van der Waals surface area contributed by atoms with Gasteiger partial charge in [-0.25, -0.2) is 4.79 Å². The van der Waals surface area contributed by atoms with Crippen LogP contribution in [0.15, 0.2) is 23.2 Å². The Kier molecular flexibility index (Phi) is 1.06. The van der Waals surface area contributed by atoms with E-state index in [-0.39, 0.29) is 0 Å². The summed E-state index contributed by atoms with van der Waals surface area (Å²) in [7, 11) is 0. The molecular weight excluding hydrogens is 142 g/mol. The summed E-state index contributed by atoms with van der Waals surface area (Å²) in [5.41, 5.74) is 1.84. The Morgan fingerprint density at radius 3 is 2.73 bits per heavy atom. The molecule has 1 aromatic rings. The van der Waals surface area contributed by atoms with E-state index in [2.05, 4.69) is 4.99 Å². The molecule has 1 heterocycles. The van der Waals surface area contributed by atoms with Gasteiger partial charge in [0.15, 0.2) is 0 Å². The van der Waals surface area contributed by atoms with Crippen molar-refractivity contribution in [3.05, 3.63) is 29.3 Å². The summed E-state index contributed by atoms with van der Waals surface area (Å²) in [5.74, 6) is -0.895. The molecule has 0 bridgehead atoms. The number of hydrogen-bond acceptors (Lipinski definition) is 2. The van der Waals surface area contributed by atoms with Gasteiger partial charge in [0.2, 0.25) is 0 Å². The Balaban J connectivity index is 2.61. The van der Waals surface area contributed by atoms with E-state index in [1.807, 2.05) is 0 Å². The second-order valence-corrected chi connectivity index (χ2v) is 2.30. The molecule has 0 aliphatic carbocycles. The lowest BCUT2D eigenvalue weighted by Gasteiger charge is -2.10. The predicted molar refractivity (Wildman–Crippen MR) is 40.7 cm³/mol. The molecule has 0 aromatic heterocycles. The number of rotatable bonds is 1. The van der Waals surface area contributed by atoms with Crippen LogP contribution >= 0.6 is 0 Å². The van der Waals surface area contributed by atoms with Gasteiger partial charge in [0.05, 0.1) is 11.3 Å². The highest BCUT2D eigenvalue weighted by Gasteiger charge is 2.15. The Hall–Kier alpha value is -1.64. The van der Waals surface area contributed by atoms with Crippen LogP contribution in [0.5, 0.6) is 0 Å². The smallest absolute Gasteiger partial charge is 0.336 e. The van der Waals surface area contributed by atoms with Crippen LogP contribution < -0.4 is 0 Å². The molecule has 0 saturated carbocycles. The van der Waals surface area contributed by atoms with Gasteiger partial charge >= 0.3 is 5.97 Å². The van der Waals surface area contributed by atoms with Crippen molar-refractivity contribution >= 4 is 17.9 Å². The molecule has 11 heavy (non-hydrogen) atoms. The van der Waals surface area contributed by atoms with Crippen LogP contribution in [0.25, 0.3) is 0 Å². The second-order valence-electron chi connectivity index (χ2n) is 2.30. The Morgan fingerprint density at radius 2 is 2.27 bits per heavy atom. The SMILES string of the molecule is O=C(O)c1cccc2c1C=N2. The third kappa shape index (κ3) is 0.741. The van der Waals surface area contributed by atoms with E-state index in [0.29, 0.717) is 5.56 Å². The van der Waals surface area contributed by atoms with E-state index in [0.717, 1.165) is 11.3 Å².